The van der Waals surface area contributed by atoms with Crippen molar-refractivity contribution in [3.63, 3.8) is 0 Å². The van der Waals surface area contributed by atoms with Gasteiger partial charge in [0.1, 0.15) is 11.1 Å². The van der Waals surface area contributed by atoms with E-state index in [1.54, 1.807) is 22.6 Å². The average molecular weight is 462 g/mol. The highest BCUT2D eigenvalue weighted by molar-refractivity contribution is 7.99. The molecule has 1 aliphatic heterocycles. The van der Waals surface area contributed by atoms with Gasteiger partial charge >= 0.3 is 0 Å². The van der Waals surface area contributed by atoms with Crippen molar-refractivity contribution in [1.82, 2.24) is 24.6 Å². The second-order valence-corrected chi connectivity index (χ2v) is 8.93. The maximum absolute atomic E-state index is 13.3. The van der Waals surface area contributed by atoms with Crippen molar-refractivity contribution in [1.29, 1.82) is 0 Å². The number of benzene rings is 2. The molecule has 1 atom stereocenters. The number of carbonyl (C=O) groups is 1. The predicted octanol–water partition coefficient (Wildman–Crippen LogP) is 3.25. The lowest BCUT2D eigenvalue weighted by Gasteiger charge is -2.14. The largest absolute Gasteiger partial charge is 0.497 e. The average Bonchev–Trinajstić information content (AvgIpc) is 3.43. The van der Waals surface area contributed by atoms with Crippen LogP contribution in [0.4, 0.5) is 0 Å². The summed E-state index contributed by atoms with van der Waals surface area (Å²) >= 11 is 1.49. The molecule has 5 rings (SSSR count). The van der Waals surface area contributed by atoms with Gasteiger partial charge in [-0.2, -0.15) is 5.10 Å². The molecule has 0 fully saturated rings. The predicted molar refractivity (Wildman–Crippen MR) is 127 cm³/mol. The van der Waals surface area contributed by atoms with Crippen molar-refractivity contribution in [2.75, 3.05) is 12.9 Å². The Hall–Kier alpha value is -3.59. The number of amides is 1. The van der Waals surface area contributed by atoms with E-state index >= 15 is 0 Å². The first kappa shape index (κ1) is 21.3. The molecule has 33 heavy (non-hydrogen) atoms. The highest BCUT2D eigenvalue weighted by atomic mass is 32.2. The summed E-state index contributed by atoms with van der Waals surface area (Å²) in [5, 5.41) is 8.45. The fourth-order valence-electron chi connectivity index (χ4n) is 3.99. The third-order valence-electron chi connectivity index (χ3n) is 5.78. The third-order valence-corrected chi connectivity index (χ3v) is 6.88. The van der Waals surface area contributed by atoms with Crippen LogP contribution in [0.15, 0.2) is 64.7 Å². The Labute approximate surface area is 194 Å². The van der Waals surface area contributed by atoms with Gasteiger partial charge in [0.05, 0.1) is 25.0 Å². The minimum Gasteiger partial charge on any atom is -0.497 e. The van der Waals surface area contributed by atoms with Crippen molar-refractivity contribution in [2.24, 2.45) is 0 Å². The van der Waals surface area contributed by atoms with E-state index < -0.39 is 0 Å². The zero-order valence-electron chi connectivity index (χ0n) is 18.3. The number of aromatic nitrogens is 4. The van der Waals surface area contributed by atoms with E-state index in [4.69, 9.17) is 9.72 Å². The van der Waals surface area contributed by atoms with E-state index in [0.717, 1.165) is 22.6 Å². The zero-order chi connectivity index (χ0) is 22.9. The van der Waals surface area contributed by atoms with E-state index in [1.165, 1.54) is 11.8 Å². The molecule has 4 aromatic rings. The maximum atomic E-state index is 13.3. The molecule has 0 saturated carbocycles. The summed E-state index contributed by atoms with van der Waals surface area (Å²) in [6.45, 7) is 2.42. The molecule has 1 aliphatic rings. The Bertz CT molecular complexity index is 1390. The number of rotatable bonds is 6. The molecule has 0 bridgehead atoms. The van der Waals surface area contributed by atoms with E-state index in [1.807, 2.05) is 55.5 Å². The maximum Gasteiger partial charge on any atom is 0.265 e. The van der Waals surface area contributed by atoms with Crippen molar-refractivity contribution in [3.05, 3.63) is 76.2 Å². The Kier molecular flexibility index (Phi) is 5.63. The van der Waals surface area contributed by atoms with Gasteiger partial charge in [0.25, 0.3) is 5.56 Å². The van der Waals surface area contributed by atoms with Crippen molar-refractivity contribution in [2.45, 2.75) is 31.1 Å². The van der Waals surface area contributed by atoms with Gasteiger partial charge in [-0.3, -0.25) is 14.2 Å². The number of methoxy groups -OCH3 is 1. The Balaban J connectivity index is 1.36. The Morgan fingerprint density at radius 3 is 2.76 bits per heavy atom. The van der Waals surface area contributed by atoms with Crippen LogP contribution >= 0.6 is 11.8 Å². The lowest BCUT2D eigenvalue weighted by atomic mass is 10.2. The van der Waals surface area contributed by atoms with Gasteiger partial charge < -0.3 is 10.1 Å². The molecule has 9 heteroatoms. The third kappa shape index (κ3) is 4.00. The van der Waals surface area contributed by atoms with Gasteiger partial charge in [0.15, 0.2) is 10.8 Å². The highest BCUT2D eigenvalue weighted by Gasteiger charge is 2.29. The van der Waals surface area contributed by atoms with Crippen molar-refractivity contribution >= 4 is 28.7 Å². The topological polar surface area (TPSA) is 91.0 Å². The molecule has 0 saturated heterocycles. The first-order chi connectivity index (χ1) is 16.0. The Morgan fingerprint density at radius 1 is 1.21 bits per heavy atom. The van der Waals surface area contributed by atoms with Crippen LogP contribution in [0.5, 0.6) is 5.75 Å². The van der Waals surface area contributed by atoms with Gasteiger partial charge in [-0.1, -0.05) is 42.1 Å². The van der Waals surface area contributed by atoms with E-state index in [-0.39, 0.29) is 23.9 Å². The summed E-state index contributed by atoms with van der Waals surface area (Å²) in [7, 11) is 1.62. The number of nitrogens with zero attached hydrogens (tertiary/aromatic N) is 4. The second-order valence-electron chi connectivity index (χ2n) is 7.94. The molecule has 0 aliphatic carbocycles. The summed E-state index contributed by atoms with van der Waals surface area (Å²) < 4.78 is 8.51. The number of hydrogen-bond donors (Lipinski definition) is 1. The van der Waals surface area contributed by atoms with Crippen molar-refractivity contribution in [3.8, 4) is 11.4 Å². The molecular formula is C24H23N5O3S. The molecule has 3 heterocycles. The van der Waals surface area contributed by atoms with Crippen LogP contribution < -0.4 is 15.6 Å². The molecule has 1 N–H and O–H groups in total. The number of fused-ring (bicyclic) bond motifs is 2. The van der Waals surface area contributed by atoms with Crippen LogP contribution in [0.1, 0.15) is 23.6 Å². The van der Waals surface area contributed by atoms with Crippen molar-refractivity contribution < 1.29 is 9.53 Å². The molecule has 1 amide bonds. The second kappa shape index (κ2) is 8.74. The molecule has 168 valence electrons. The first-order valence-electron chi connectivity index (χ1n) is 10.6. The first-order valence-corrected chi connectivity index (χ1v) is 11.6. The number of aryl methyl sites for hydroxylation is 1. The SMILES string of the molecule is COc1ccc(CNC(=O)CC2CSc3nc4c(cnn4-c4ccccc4C)c(=O)n32)cc1. The van der Waals surface area contributed by atoms with Gasteiger partial charge in [-0.05, 0) is 36.2 Å². The van der Waals surface area contributed by atoms with Crippen LogP contribution in [0.3, 0.4) is 0 Å². The van der Waals surface area contributed by atoms with Crippen LogP contribution in [-0.4, -0.2) is 38.1 Å². The van der Waals surface area contributed by atoms with E-state index in [0.29, 0.717) is 28.5 Å². The van der Waals surface area contributed by atoms with Gasteiger partial charge in [0.2, 0.25) is 5.91 Å². The minimum atomic E-state index is -0.243. The fourth-order valence-corrected chi connectivity index (χ4v) is 5.12. The van der Waals surface area contributed by atoms with Gasteiger partial charge in [-0.15, -0.1) is 0 Å². The monoisotopic (exact) mass is 461 g/mol. The Morgan fingerprint density at radius 2 is 2.00 bits per heavy atom. The number of ether oxygens (including phenoxy) is 1. The fraction of sp³-hybridized carbons (Fsp3) is 0.250. The summed E-state index contributed by atoms with van der Waals surface area (Å²) in [6, 6.07) is 15.2. The van der Waals surface area contributed by atoms with Crippen LogP contribution in [0.2, 0.25) is 0 Å². The van der Waals surface area contributed by atoms with Crippen LogP contribution in [0.25, 0.3) is 16.7 Å². The highest BCUT2D eigenvalue weighted by Crippen LogP contribution is 2.33. The molecule has 2 aromatic carbocycles. The number of para-hydroxylation sites is 1. The van der Waals surface area contributed by atoms with Crippen LogP contribution in [0, 0.1) is 6.92 Å². The molecular weight excluding hydrogens is 438 g/mol. The molecule has 2 aromatic heterocycles. The summed E-state index contributed by atoms with van der Waals surface area (Å²) in [4.78, 5) is 30.6. The molecule has 0 spiro atoms. The number of carbonyl (C=O) groups excluding carboxylic acids is 1. The summed E-state index contributed by atoms with van der Waals surface area (Å²) in [5.41, 5.74) is 3.30. The van der Waals surface area contributed by atoms with Crippen LogP contribution in [-0.2, 0) is 11.3 Å². The minimum absolute atomic E-state index is 0.105. The number of thioether (sulfide) groups is 1. The van der Waals surface area contributed by atoms with Gasteiger partial charge in [0, 0.05) is 18.7 Å². The summed E-state index contributed by atoms with van der Waals surface area (Å²) in [5.74, 6) is 1.29. The molecule has 1 unspecified atom stereocenters. The summed E-state index contributed by atoms with van der Waals surface area (Å²) in [6.07, 6.45) is 1.78. The van der Waals surface area contributed by atoms with E-state index in [2.05, 4.69) is 10.4 Å². The number of nitrogens with one attached hydrogen (secondary N) is 1. The zero-order valence-corrected chi connectivity index (χ0v) is 19.1. The van der Waals surface area contributed by atoms with E-state index in [9.17, 15) is 9.59 Å². The lowest BCUT2D eigenvalue weighted by Crippen LogP contribution is -2.30. The molecule has 0 radical (unpaired) electrons. The standard InChI is InChI=1S/C24H23N5O3S/c1-15-5-3-4-6-20(15)29-22-19(13-26-29)23(31)28-17(14-33-24(28)27-22)11-21(30)25-12-16-7-9-18(32-2)10-8-16/h3-10,13,17H,11-12,14H2,1-2H3,(H,25,30). The molecule has 8 nitrogen and oxygen atoms in total. The quantitative estimate of drug-likeness (QED) is 0.443. The van der Waals surface area contributed by atoms with Gasteiger partial charge in [-0.25, -0.2) is 9.67 Å². The number of hydrogen-bond acceptors (Lipinski definition) is 6. The lowest BCUT2D eigenvalue weighted by molar-refractivity contribution is -0.121. The normalized spacial score (nSPS) is 14.9. The smallest absolute Gasteiger partial charge is 0.265 e.